The maximum Gasteiger partial charge on any atom is 0.307 e. The van der Waals surface area contributed by atoms with Gasteiger partial charge in [0.15, 0.2) is 0 Å². The van der Waals surface area contributed by atoms with Gasteiger partial charge in [-0.3, -0.25) is 19.2 Å². The van der Waals surface area contributed by atoms with E-state index in [0.29, 0.717) is 31.2 Å². The maximum absolute atomic E-state index is 12.7. The standard InChI is InChI=1S/C18H29N5O3/c1-14(12-17(24)26-2)21-8-10-22(11-9-21)18(25)16-5-7-23(20-16)15-4-3-6-19-13-15/h5,7,14-15,19H,3-4,6,8-13H2,1-2H3. The molecule has 2 aliphatic heterocycles. The lowest BCUT2D eigenvalue weighted by atomic mass is 10.1. The molecule has 2 atom stereocenters. The molecule has 2 saturated heterocycles. The number of ether oxygens (including phenoxy) is 1. The zero-order chi connectivity index (χ0) is 18.5. The third kappa shape index (κ3) is 4.42. The number of hydrogen-bond acceptors (Lipinski definition) is 6. The normalized spacial score (nSPS) is 22.8. The summed E-state index contributed by atoms with van der Waals surface area (Å²) in [4.78, 5) is 28.2. The monoisotopic (exact) mass is 363 g/mol. The van der Waals surface area contributed by atoms with E-state index < -0.39 is 0 Å². The van der Waals surface area contributed by atoms with Crippen LogP contribution in [0.2, 0.25) is 0 Å². The Morgan fingerprint density at radius 3 is 2.77 bits per heavy atom. The van der Waals surface area contributed by atoms with E-state index in [9.17, 15) is 9.59 Å². The van der Waals surface area contributed by atoms with E-state index in [2.05, 4.69) is 15.3 Å². The van der Waals surface area contributed by atoms with Crippen LogP contribution in [-0.4, -0.2) is 83.9 Å². The first-order valence-electron chi connectivity index (χ1n) is 9.44. The van der Waals surface area contributed by atoms with Gasteiger partial charge < -0.3 is 15.0 Å². The number of nitrogens with zero attached hydrogens (tertiary/aromatic N) is 4. The number of esters is 1. The Morgan fingerprint density at radius 2 is 2.12 bits per heavy atom. The maximum atomic E-state index is 12.7. The van der Waals surface area contributed by atoms with Crippen molar-refractivity contribution >= 4 is 11.9 Å². The molecule has 26 heavy (non-hydrogen) atoms. The predicted octanol–water partition coefficient (Wildman–Crippen LogP) is 0.517. The van der Waals surface area contributed by atoms with Crippen LogP contribution in [-0.2, 0) is 9.53 Å². The molecule has 0 radical (unpaired) electrons. The molecular formula is C18H29N5O3. The van der Waals surface area contributed by atoms with Crippen LogP contribution in [0.15, 0.2) is 12.3 Å². The molecule has 8 nitrogen and oxygen atoms in total. The van der Waals surface area contributed by atoms with Crippen molar-refractivity contribution in [1.29, 1.82) is 0 Å². The number of carbonyl (C=O) groups excluding carboxylic acids is 2. The number of piperazine rings is 1. The summed E-state index contributed by atoms with van der Waals surface area (Å²) in [5.41, 5.74) is 0.520. The van der Waals surface area contributed by atoms with Crippen LogP contribution in [0.3, 0.4) is 0 Å². The molecule has 3 rings (SSSR count). The molecular weight excluding hydrogens is 334 g/mol. The summed E-state index contributed by atoms with van der Waals surface area (Å²) in [5, 5.41) is 7.90. The highest BCUT2D eigenvalue weighted by Gasteiger charge is 2.27. The van der Waals surface area contributed by atoms with Crippen molar-refractivity contribution in [3.8, 4) is 0 Å². The minimum Gasteiger partial charge on any atom is -0.469 e. The van der Waals surface area contributed by atoms with Gasteiger partial charge in [-0.1, -0.05) is 0 Å². The molecule has 1 N–H and O–H groups in total. The Bertz CT molecular complexity index is 618. The highest BCUT2D eigenvalue weighted by molar-refractivity contribution is 5.92. The SMILES string of the molecule is COC(=O)CC(C)N1CCN(C(=O)c2ccn(C3CCCNC3)n2)CC1. The number of hydrogen-bond donors (Lipinski definition) is 1. The number of piperidine rings is 1. The first-order valence-corrected chi connectivity index (χ1v) is 9.44. The molecule has 8 heteroatoms. The lowest BCUT2D eigenvalue weighted by Gasteiger charge is -2.37. The second-order valence-electron chi connectivity index (χ2n) is 7.14. The van der Waals surface area contributed by atoms with Gasteiger partial charge in [0.25, 0.3) is 5.91 Å². The Kier molecular flexibility index (Phi) is 6.26. The van der Waals surface area contributed by atoms with Gasteiger partial charge in [0.2, 0.25) is 0 Å². The van der Waals surface area contributed by atoms with E-state index in [0.717, 1.165) is 39.0 Å². The largest absolute Gasteiger partial charge is 0.469 e. The first kappa shape index (κ1) is 18.8. The molecule has 1 aromatic rings. The number of methoxy groups -OCH3 is 1. The summed E-state index contributed by atoms with van der Waals surface area (Å²) in [5.74, 6) is -0.202. The summed E-state index contributed by atoms with van der Waals surface area (Å²) in [6.07, 6.45) is 4.53. The predicted molar refractivity (Wildman–Crippen MR) is 96.9 cm³/mol. The van der Waals surface area contributed by atoms with Crippen LogP contribution >= 0.6 is 0 Å². The summed E-state index contributed by atoms with van der Waals surface area (Å²) in [7, 11) is 1.41. The fourth-order valence-corrected chi connectivity index (χ4v) is 3.70. The molecule has 0 aliphatic carbocycles. The zero-order valence-electron chi connectivity index (χ0n) is 15.7. The summed E-state index contributed by atoms with van der Waals surface area (Å²) in [6, 6.07) is 2.28. The van der Waals surface area contributed by atoms with Crippen LogP contribution in [0.1, 0.15) is 42.7 Å². The van der Waals surface area contributed by atoms with Crippen LogP contribution in [0.25, 0.3) is 0 Å². The number of nitrogens with one attached hydrogen (secondary N) is 1. The number of aromatic nitrogens is 2. The van der Waals surface area contributed by atoms with Gasteiger partial charge in [0.05, 0.1) is 19.6 Å². The first-order chi connectivity index (χ1) is 12.6. The van der Waals surface area contributed by atoms with E-state index in [1.807, 2.05) is 28.8 Å². The van der Waals surface area contributed by atoms with E-state index in [1.165, 1.54) is 7.11 Å². The van der Waals surface area contributed by atoms with Crippen molar-refractivity contribution in [2.45, 2.75) is 38.3 Å². The minimum atomic E-state index is -0.196. The molecule has 2 aliphatic rings. The molecule has 0 spiro atoms. The lowest BCUT2D eigenvalue weighted by molar-refractivity contribution is -0.142. The molecule has 2 fully saturated rings. The van der Waals surface area contributed by atoms with Crippen molar-refractivity contribution in [3.63, 3.8) is 0 Å². The third-order valence-electron chi connectivity index (χ3n) is 5.39. The van der Waals surface area contributed by atoms with Crippen LogP contribution in [0, 0.1) is 0 Å². The summed E-state index contributed by atoms with van der Waals surface area (Å²) < 4.78 is 6.66. The average Bonchev–Trinajstić information content (AvgIpc) is 3.18. The van der Waals surface area contributed by atoms with Crippen molar-refractivity contribution < 1.29 is 14.3 Å². The second kappa shape index (κ2) is 8.64. The molecule has 1 amide bonds. The fraction of sp³-hybridized carbons (Fsp3) is 0.722. The fourth-order valence-electron chi connectivity index (χ4n) is 3.70. The number of amides is 1. The van der Waals surface area contributed by atoms with Gasteiger partial charge in [-0.15, -0.1) is 0 Å². The topological polar surface area (TPSA) is 79.7 Å². The number of rotatable bonds is 5. The second-order valence-corrected chi connectivity index (χ2v) is 7.14. The Hall–Kier alpha value is -1.93. The molecule has 3 heterocycles. The molecule has 2 unspecified atom stereocenters. The Balaban J connectivity index is 1.52. The Morgan fingerprint density at radius 1 is 1.35 bits per heavy atom. The summed E-state index contributed by atoms with van der Waals surface area (Å²) >= 11 is 0. The molecule has 0 saturated carbocycles. The van der Waals surface area contributed by atoms with Crippen LogP contribution in [0.4, 0.5) is 0 Å². The molecule has 0 aromatic carbocycles. The third-order valence-corrected chi connectivity index (χ3v) is 5.39. The average molecular weight is 363 g/mol. The van der Waals surface area contributed by atoms with E-state index in [4.69, 9.17) is 4.74 Å². The minimum absolute atomic E-state index is 0.00668. The number of carbonyl (C=O) groups is 2. The van der Waals surface area contributed by atoms with E-state index in [1.54, 1.807) is 0 Å². The van der Waals surface area contributed by atoms with E-state index in [-0.39, 0.29) is 17.9 Å². The van der Waals surface area contributed by atoms with Gasteiger partial charge >= 0.3 is 5.97 Å². The zero-order valence-corrected chi connectivity index (χ0v) is 15.7. The van der Waals surface area contributed by atoms with Crippen molar-refractivity contribution in [2.24, 2.45) is 0 Å². The van der Waals surface area contributed by atoms with Gasteiger partial charge in [0.1, 0.15) is 5.69 Å². The van der Waals surface area contributed by atoms with Gasteiger partial charge in [-0.25, -0.2) is 0 Å². The van der Waals surface area contributed by atoms with Crippen molar-refractivity contribution in [2.75, 3.05) is 46.4 Å². The van der Waals surface area contributed by atoms with E-state index >= 15 is 0 Å². The Labute approximate surface area is 154 Å². The quantitative estimate of drug-likeness (QED) is 0.768. The summed E-state index contributed by atoms with van der Waals surface area (Å²) in [6.45, 7) is 6.82. The molecule has 1 aromatic heterocycles. The highest BCUT2D eigenvalue weighted by Crippen LogP contribution is 2.17. The lowest BCUT2D eigenvalue weighted by Crippen LogP contribution is -2.51. The van der Waals surface area contributed by atoms with Crippen LogP contribution < -0.4 is 5.32 Å². The van der Waals surface area contributed by atoms with Crippen molar-refractivity contribution in [1.82, 2.24) is 24.9 Å². The van der Waals surface area contributed by atoms with Gasteiger partial charge in [0, 0.05) is 45.0 Å². The van der Waals surface area contributed by atoms with Crippen molar-refractivity contribution in [3.05, 3.63) is 18.0 Å². The van der Waals surface area contributed by atoms with Gasteiger partial charge in [-0.05, 0) is 32.4 Å². The molecule has 0 bridgehead atoms. The highest BCUT2D eigenvalue weighted by atomic mass is 16.5. The van der Waals surface area contributed by atoms with Crippen LogP contribution in [0.5, 0.6) is 0 Å². The smallest absolute Gasteiger partial charge is 0.307 e. The molecule has 144 valence electrons. The van der Waals surface area contributed by atoms with Gasteiger partial charge in [-0.2, -0.15) is 5.10 Å².